The van der Waals surface area contributed by atoms with Crippen molar-refractivity contribution >= 4 is 5.95 Å². The number of rotatable bonds is 3. The Morgan fingerprint density at radius 3 is 2.53 bits per heavy atom. The highest BCUT2D eigenvalue weighted by molar-refractivity contribution is 5.31. The lowest BCUT2D eigenvalue weighted by atomic mass is 10.4. The van der Waals surface area contributed by atoms with Crippen molar-refractivity contribution in [3.63, 3.8) is 0 Å². The van der Waals surface area contributed by atoms with E-state index in [0.717, 1.165) is 11.4 Å². The number of imidazole rings is 1. The standard InChI is InChI=1S/C10H14N6O/c1-6-7(2)16(5-12-6)9-13-8(11-3)14-10(15-9)17-4/h5H,1-4H3,(H,11,13,14,15). The fourth-order valence-electron chi connectivity index (χ4n) is 1.36. The van der Waals surface area contributed by atoms with E-state index < -0.39 is 0 Å². The van der Waals surface area contributed by atoms with Crippen LogP contribution < -0.4 is 10.1 Å². The summed E-state index contributed by atoms with van der Waals surface area (Å²) in [6.45, 7) is 3.89. The molecule has 7 heteroatoms. The van der Waals surface area contributed by atoms with Gasteiger partial charge >= 0.3 is 6.01 Å². The molecule has 0 saturated carbocycles. The minimum atomic E-state index is 0.269. The number of hydrogen-bond donors (Lipinski definition) is 1. The fourth-order valence-corrected chi connectivity index (χ4v) is 1.36. The first-order chi connectivity index (χ1) is 8.15. The van der Waals surface area contributed by atoms with E-state index in [1.807, 2.05) is 13.8 Å². The van der Waals surface area contributed by atoms with E-state index in [-0.39, 0.29) is 6.01 Å². The highest BCUT2D eigenvalue weighted by Gasteiger charge is 2.10. The maximum atomic E-state index is 5.03. The number of nitrogens with one attached hydrogen (secondary N) is 1. The van der Waals surface area contributed by atoms with Gasteiger partial charge < -0.3 is 10.1 Å². The first-order valence-electron chi connectivity index (χ1n) is 5.14. The van der Waals surface area contributed by atoms with Crippen LogP contribution in [0.15, 0.2) is 6.33 Å². The number of methoxy groups -OCH3 is 1. The molecule has 0 aliphatic rings. The summed E-state index contributed by atoms with van der Waals surface area (Å²) in [5, 5.41) is 2.86. The minimum Gasteiger partial charge on any atom is -0.467 e. The van der Waals surface area contributed by atoms with Gasteiger partial charge in [-0.05, 0) is 13.8 Å². The molecule has 2 aromatic rings. The van der Waals surface area contributed by atoms with Gasteiger partial charge in [-0.2, -0.15) is 15.0 Å². The van der Waals surface area contributed by atoms with E-state index in [0.29, 0.717) is 11.9 Å². The van der Waals surface area contributed by atoms with Gasteiger partial charge in [-0.3, -0.25) is 4.57 Å². The van der Waals surface area contributed by atoms with Gasteiger partial charge in [0.25, 0.3) is 0 Å². The van der Waals surface area contributed by atoms with Crippen LogP contribution in [-0.4, -0.2) is 38.7 Å². The van der Waals surface area contributed by atoms with Crippen molar-refractivity contribution in [1.29, 1.82) is 0 Å². The van der Waals surface area contributed by atoms with E-state index in [2.05, 4.69) is 25.3 Å². The van der Waals surface area contributed by atoms with Crippen LogP contribution in [0, 0.1) is 13.8 Å². The average molecular weight is 234 g/mol. The van der Waals surface area contributed by atoms with Crippen LogP contribution in [0.1, 0.15) is 11.4 Å². The molecule has 0 bridgehead atoms. The molecule has 1 N–H and O–H groups in total. The van der Waals surface area contributed by atoms with E-state index >= 15 is 0 Å². The van der Waals surface area contributed by atoms with Gasteiger partial charge in [0.1, 0.15) is 6.33 Å². The third-order valence-corrected chi connectivity index (χ3v) is 2.48. The zero-order valence-corrected chi connectivity index (χ0v) is 10.2. The second kappa shape index (κ2) is 4.36. The second-order valence-electron chi connectivity index (χ2n) is 3.48. The van der Waals surface area contributed by atoms with Gasteiger partial charge in [0.15, 0.2) is 0 Å². The van der Waals surface area contributed by atoms with Gasteiger partial charge in [-0.1, -0.05) is 0 Å². The molecule has 0 fully saturated rings. The number of nitrogens with zero attached hydrogens (tertiary/aromatic N) is 5. The quantitative estimate of drug-likeness (QED) is 0.843. The predicted octanol–water partition coefficient (Wildman–Crippen LogP) is 0.724. The Labute approximate surface area is 98.9 Å². The Bertz CT molecular complexity index is 513. The van der Waals surface area contributed by atoms with Crippen molar-refractivity contribution in [3.8, 4) is 12.0 Å². The summed E-state index contributed by atoms with van der Waals surface area (Å²) in [6, 6.07) is 0.269. The molecule has 0 atom stereocenters. The predicted molar refractivity (Wildman–Crippen MR) is 62.5 cm³/mol. The summed E-state index contributed by atoms with van der Waals surface area (Å²) in [7, 11) is 3.26. The molecule has 2 aromatic heterocycles. The number of hydrogen-bond acceptors (Lipinski definition) is 6. The van der Waals surface area contributed by atoms with Crippen LogP contribution in [0.2, 0.25) is 0 Å². The van der Waals surface area contributed by atoms with Crippen molar-refractivity contribution in [3.05, 3.63) is 17.7 Å². The number of anilines is 1. The third kappa shape index (κ3) is 2.03. The first kappa shape index (κ1) is 11.3. The van der Waals surface area contributed by atoms with Crippen molar-refractivity contribution in [2.75, 3.05) is 19.5 Å². The van der Waals surface area contributed by atoms with Gasteiger partial charge in [-0.25, -0.2) is 4.98 Å². The molecule has 0 amide bonds. The molecule has 0 aromatic carbocycles. The normalized spacial score (nSPS) is 10.4. The summed E-state index contributed by atoms with van der Waals surface area (Å²) in [5.74, 6) is 0.942. The van der Waals surface area contributed by atoms with Crippen molar-refractivity contribution in [1.82, 2.24) is 24.5 Å². The van der Waals surface area contributed by atoms with E-state index in [1.54, 1.807) is 17.9 Å². The molecular weight excluding hydrogens is 220 g/mol. The van der Waals surface area contributed by atoms with Crippen LogP contribution in [-0.2, 0) is 0 Å². The maximum absolute atomic E-state index is 5.03. The Balaban J connectivity index is 2.54. The van der Waals surface area contributed by atoms with Crippen LogP contribution in [0.5, 0.6) is 6.01 Å². The number of aromatic nitrogens is 5. The monoisotopic (exact) mass is 234 g/mol. The summed E-state index contributed by atoms with van der Waals surface area (Å²) >= 11 is 0. The molecule has 2 heterocycles. The Kier molecular flexibility index (Phi) is 2.90. The molecular formula is C10H14N6O. The fraction of sp³-hybridized carbons (Fsp3) is 0.400. The summed E-state index contributed by atoms with van der Waals surface area (Å²) in [6.07, 6.45) is 1.68. The van der Waals surface area contributed by atoms with Crippen LogP contribution in [0.4, 0.5) is 5.95 Å². The van der Waals surface area contributed by atoms with Crippen LogP contribution >= 0.6 is 0 Å². The first-order valence-corrected chi connectivity index (χ1v) is 5.14. The van der Waals surface area contributed by atoms with E-state index in [9.17, 15) is 0 Å². The van der Waals surface area contributed by atoms with Crippen molar-refractivity contribution in [2.45, 2.75) is 13.8 Å². The molecule has 0 unspecified atom stereocenters. The molecule has 0 saturated heterocycles. The summed E-state index contributed by atoms with van der Waals surface area (Å²) in [4.78, 5) is 16.7. The molecule has 0 aliphatic heterocycles. The highest BCUT2D eigenvalue weighted by atomic mass is 16.5. The summed E-state index contributed by atoms with van der Waals surface area (Å²) < 4.78 is 6.82. The third-order valence-electron chi connectivity index (χ3n) is 2.48. The van der Waals surface area contributed by atoms with Crippen LogP contribution in [0.25, 0.3) is 5.95 Å². The highest BCUT2D eigenvalue weighted by Crippen LogP contribution is 2.13. The Hall–Kier alpha value is -2.18. The van der Waals surface area contributed by atoms with E-state index in [1.165, 1.54) is 7.11 Å². The molecule has 2 rings (SSSR count). The Morgan fingerprint density at radius 2 is 2.00 bits per heavy atom. The zero-order chi connectivity index (χ0) is 12.4. The molecule has 90 valence electrons. The molecule has 0 aliphatic carbocycles. The SMILES string of the molecule is CNc1nc(OC)nc(-n2cnc(C)c2C)n1. The smallest absolute Gasteiger partial charge is 0.322 e. The minimum absolute atomic E-state index is 0.269. The van der Waals surface area contributed by atoms with Gasteiger partial charge in [0.2, 0.25) is 11.9 Å². The van der Waals surface area contributed by atoms with Gasteiger partial charge in [0.05, 0.1) is 12.8 Å². The lowest BCUT2D eigenvalue weighted by Crippen LogP contribution is -2.08. The molecule has 0 spiro atoms. The lowest BCUT2D eigenvalue weighted by molar-refractivity contribution is 0.378. The Morgan fingerprint density at radius 1 is 1.24 bits per heavy atom. The maximum Gasteiger partial charge on any atom is 0.322 e. The zero-order valence-electron chi connectivity index (χ0n) is 10.2. The summed E-state index contributed by atoms with van der Waals surface area (Å²) in [5.41, 5.74) is 1.93. The molecule has 0 radical (unpaired) electrons. The number of aryl methyl sites for hydroxylation is 1. The van der Waals surface area contributed by atoms with Gasteiger partial charge in [-0.15, -0.1) is 0 Å². The number of ether oxygens (including phenoxy) is 1. The van der Waals surface area contributed by atoms with Crippen molar-refractivity contribution in [2.24, 2.45) is 0 Å². The molecule has 7 nitrogen and oxygen atoms in total. The van der Waals surface area contributed by atoms with Gasteiger partial charge in [0, 0.05) is 12.7 Å². The topological polar surface area (TPSA) is 77.8 Å². The second-order valence-corrected chi connectivity index (χ2v) is 3.48. The van der Waals surface area contributed by atoms with Crippen LogP contribution in [0.3, 0.4) is 0 Å². The largest absolute Gasteiger partial charge is 0.467 e. The average Bonchev–Trinajstić information content (AvgIpc) is 2.69. The van der Waals surface area contributed by atoms with Crippen molar-refractivity contribution < 1.29 is 4.74 Å². The molecule has 17 heavy (non-hydrogen) atoms. The lowest BCUT2D eigenvalue weighted by Gasteiger charge is -2.07. The van der Waals surface area contributed by atoms with E-state index in [4.69, 9.17) is 4.74 Å².